The molecule has 2 heterocycles. The molecule has 3 aromatic rings. The number of sulfonamides is 1. The van der Waals surface area contributed by atoms with E-state index in [0.717, 1.165) is 0 Å². The third-order valence-electron chi connectivity index (χ3n) is 3.78. The van der Waals surface area contributed by atoms with Crippen molar-refractivity contribution in [1.82, 2.24) is 24.7 Å². The number of rotatable bonds is 9. The van der Waals surface area contributed by atoms with Gasteiger partial charge in [0.15, 0.2) is 0 Å². The monoisotopic (exact) mass is 450 g/mol. The van der Waals surface area contributed by atoms with Crippen molar-refractivity contribution in [2.45, 2.75) is 12.3 Å². The zero-order valence-electron chi connectivity index (χ0n) is 16.2. The fraction of sp³-hybridized carbons (Fsp3) is 0.222. The van der Waals surface area contributed by atoms with E-state index in [0.29, 0.717) is 34.5 Å². The molecule has 0 fully saturated rings. The SMILES string of the molecule is CNS(=O)(=O)Cc1ccc(Oc2cc(CNc3ncc(Cl)cn3)nc(OC)n2)cc1. The molecular weight excluding hydrogens is 432 g/mol. The molecule has 0 aliphatic rings. The lowest BCUT2D eigenvalue weighted by molar-refractivity contribution is 0.364. The predicted octanol–water partition coefficient (Wildman–Crippen LogP) is 2.38. The van der Waals surface area contributed by atoms with Crippen molar-refractivity contribution in [1.29, 1.82) is 0 Å². The summed E-state index contributed by atoms with van der Waals surface area (Å²) in [7, 11) is -0.513. The van der Waals surface area contributed by atoms with Gasteiger partial charge in [0.05, 0.1) is 42.5 Å². The van der Waals surface area contributed by atoms with E-state index in [9.17, 15) is 8.42 Å². The molecule has 1 aromatic carbocycles. The maximum atomic E-state index is 11.6. The van der Waals surface area contributed by atoms with Gasteiger partial charge in [-0.1, -0.05) is 23.7 Å². The number of hydrogen-bond acceptors (Lipinski definition) is 9. The van der Waals surface area contributed by atoms with Gasteiger partial charge in [-0.25, -0.2) is 23.1 Å². The molecule has 12 heteroatoms. The summed E-state index contributed by atoms with van der Waals surface area (Å²) in [6.45, 7) is 0.303. The Morgan fingerprint density at radius 2 is 1.80 bits per heavy atom. The first kappa shape index (κ1) is 21.7. The van der Waals surface area contributed by atoms with Gasteiger partial charge in [-0.2, -0.15) is 9.97 Å². The molecule has 0 aliphatic heterocycles. The number of nitrogens with zero attached hydrogens (tertiary/aromatic N) is 4. The van der Waals surface area contributed by atoms with E-state index in [-0.39, 0.29) is 17.6 Å². The van der Waals surface area contributed by atoms with Gasteiger partial charge in [0.25, 0.3) is 0 Å². The highest BCUT2D eigenvalue weighted by atomic mass is 35.5. The lowest BCUT2D eigenvalue weighted by Gasteiger charge is -2.10. The van der Waals surface area contributed by atoms with Crippen LogP contribution in [0.25, 0.3) is 0 Å². The molecule has 2 aromatic heterocycles. The summed E-state index contributed by atoms with van der Waals surface area (Å²) in [4.78, 5) is 16.5. The molecular formula is C18H19ClN6O4S. The van der Waals surface area contributed by atoms with Crippen LogP contribution in [0.3, 0.4) is 0 Å². The molecule has 0 saturated carbocycles. The van der Waals surface area contributed by atoms with Crippen molar-refractivity contribution in [3.05, 3.63) is 59.0 Å². The minimum absolute atomic E-state index is 0.117. The Morgan fingerprint density at radius 3 is 2.43 bits per heavy atom. The molecule has 0 unspecified atom stereocenters. The number of hydrogen-bond donors (Lipinski definition) is 2. The summed E-state index contributed by atoms with van der Waals surface area (Å²) in [6, 6.07) is 8.44. The average molecular weight is 451 g/mol. The highest BCUT2D eigenvalue weighted by molar-refractivity contribution is 7.88. The smallest absolute Gasteiger partial charge is 0.319 e. The second-order valence-electron chi connectivity index (χ2n) is 5.97. The zero-order valence-corrected chi connectivity index (χ0v) is 17.7. The lowest BCUT2D eigenvalue weighted by Crippen LogP contribution is -2.20. The van der Waals surface area contributed by atoms with Crippen molar-refractivity contribution in [2.75, 3.05) is 19.5 Å². The van der Waals surface area contributed by atoms with Crippen LogP contribution in [0.1, 0.15) is 11.3 Å². The van der Waals surface area contributed by atoms with Crippen LogP contribution in [0, 0.1) is 0 Å². The van der Waals surface area contributed by atoms with E-state index in [1.54, 1.807) is 30.3 Å². The first-order valence-electron chi connectivity index (χ1n) is 8.68. The van der Waals surface area contributed by atoms with Gasteiger partial charge in [0, 0.05) is 6.07 Å². The standard InChI is InChI=1S/C18H19ClN6O4S/c1-20-30(26,27)11-12-3-5-15(6-4-12)29-16-7-14(24-18(25-16)28-2)10-23-17-21-8-13(19)9-22-17/h3-9,20H,10-11H2,1-2H3,(H,21,22,23). The van der Waals surface area contributed by atoms with E-state index >= 15 is 0 Å². The minimum atomic E-state index is -3.34. The van der Waals surface area contributed by atoms with Crippen LogP contribution in [0.5, 0.6) is 17.6 Å². The van der Waals surface area contributed by atoms with E-state index in [1.165, 1.54) is 26.6 Å². The van der Waals surface area contributed by atoms with Crippen LogP contribution < -0.4 is 19.5 Å². The van der Waals surface area contributed by atoms with Crippen molar-refractivity contribution >= 4 is 27.6 Å². The average Bonchev–Trinajstić information content (AvgIpc) is 2.74. The molecule has 0 bridgehead atoms. The van der Waals surface area contributed by atoms with Gasteiger partial charge >= 0.3 is 6.01 Å². The molecule has 0 saturated heterocycles. The van der Waals surface area contributed by atoms with Gasteiger partial charge in [0.2, 0.25) is 21.9 Å². The first-order chi connectivity index (χ1) is 14.4. The predicted molar refractivity (Wildman–Crippen MR) is 111 cm³/mol. The Kier molecular flexibility index (Phi) is 6.98. The Morgan fingerprint density at radius 1 is 1.10 bits per heavy atom. The third kappa shape index (κ3) is 6.24. The molecule has 2 N–H and O–H groups in total. The number of aromatic nitrogens is 4. The summed E-state index contributed by atoms with van der Waals surface area (Å²) in [5.74, 6) is 1.03. The Balaban J connectivity index is 1.70. The zero-order chi connectivity index (χ0) is 21.6. The van der Waals surface area contributed by atoms with Gasteiger partial charge in [0.1, 0.15) is 5.75 Å². The number of halogens is 1. The molecule has 0 spiro atoms. The van der Waals surface area contributed by atoms with Crippen molar-refractivity contribution in [3.63, 3.8) is 0 Å². The van der Waals surface area contributed by atoms with Gasteiger partial charge in [-0.15, -0.1) is 0 Å². The Labute approximate surface area is 178 Å². The van der Waals surface area contributed by atoms with Crippen LogP contribution in [0.4, 0.5) is 5.95 Å². The second-order valence-corrected chi connectivity index (χ2v) is 8.33. The molecule has 3 rings (SSSR count). The normalized spacial score (nSPS) is 11.2. The molecule has 158 valence electrons. The quantitative estimate of drug-likeness (QED) is 0.504. The van der Waals surface area contributed by atoms with Gasteiger partial charge in [-0.3, -0.25) is 0 Å². The maximum absolute atomic E-state index is 11.6. The fourth-order valence-corrected chi connectivity index (χ4v) is 3.20. The summed E-state index contributed by atoms with van der Waals surface area (Å²) in [6.07, 6.45) is 2.97. The lowest BCUT2D eigenvalue weighted by atomic mass is 10.2. The van der Waals surface area contributed by atoms with Crippen LogP contribution in [-0.4, -0.2) is 42.5 Å². The number of nitrogens with one attached hydrogen (secondary N) is 2. The maximum Gasteiger partial charge on any atom is 0.319 e. The van der Waals surface area contributed by atoms with E-state index in [1.807, 2.05) is 0 Å². The van der Waals surface area contributed by atoms with Gasteiger partial charge < -0.3 is 14.8 Å². The van der Waals surface area contributed by atoms with Crippen LogP contribution in [0.2, 0.25) is 5.02 Å². The van der Waals surface area contributed by atoms with Crippen molar-refractivity contribution in [3.8, 4) is 17.6 Å². The van der Waals surface area contributed by atoms with Crippen LogP contribution in [0.15, 0.2) is 42.7 Å². The topological polar surface area (TPSA) is 128 Å². The minimum Gasteiger partial charge on any atom is -0.467 e. The van der Waals surface area contributed by atoms with E-state index in [2.05, 4.69) is 30.0 Å². The highest BCUT2D eigenvalue weighted by Gasteiger charge is 2.10. The number of benzene rings is 1. The van der Waals surface area contributed by atoms with Crippen LogP contribution in [-0.2, 0) is 22.3 Å². The summed E-state index contributed by atoms with van der Waals surface area (Å²) < 4.78 is 36.5. The summed E-state index contributed by atoms with van der Waals surface area (Å²) in [5, 5.41) is 3.46. The Hall–Kier alpha value is -3.02. The second kappa shape index (κ2) is 9.65. The number of ether oxygens (including phenoxy) is 2. The first-order valence-corrected chi connectivity index (χ1v) is 10.7. The van der Waals surface area contributed by atoms with E-state index < -0.39 is 10.0 Å². The van der Waals surface area contributed by atoms with Crippen molar-refractivity contribution < 1.29 is 17.9 Å². The molecule has 0 aliphatic carbocycles. The van der Waals surface area contributed by atoms with Crippen LogP contribution >= 0.6 is 11.6 Å². The summed E-state index contributed by atoms with van der Waals surface area (Å²) in [5.41, 5.74) is 1.22. The number of anilines is 1. The summed E-state index contributed by atoms with van der Waals surface area (Å²) >= 11 is 5.78. The van der Waals surface area contributed by atoms with Crippen molar-refractivity contribution in [2.24, 2.45) is 0 Å². The molecule has 10 nitrogen and oxygen atoms in total. The Bertz CT molecular complexity index is 1090. The highest BCUT2D eigenvalue weighted by Crippen LogP contribution is 2.23. The third-order valence-corrected chi connectivity index (χ3v) is 5.31. The fourth-order valence-electron chi connectivity index (χ4n) is 2.32. The number of methoxy groups -OCH3 is 1. The molecule has 0 atom stereocenters. The van der Waals surface area contributed by atoms with Gasteiger partial charge in [-0.05, 0) is 24.7 Å². The largest absolute Gasteiger partial charge is 0.467 e. The van der Waals surface area contributed by atoms with E-state index in [4.69, 9.17) is 21.1 Å². The molecule has 0 amide bonds. The molecule has 30 heavy (non-hydrogen) atoms. The molecule has 0 radical (unpaired) electrons.